The number of rotatable bonds is 5. The number of aryl methyl sites for hydroxylation is 1. The Morgan fingerprint density at radius 1 is 1.09 bits per heavy atom. The Morgan fingerprint density at radius 3 is 2.67 bits per heavy atom. The van der Waals surface area contributed by atoms with Crippen LogP contribution in [0.3, 0.4) is 0 Å². The Balaban J connectivity index is 1.31. The smallest absolute Gasteiger partial charge is 0.339 e. The standard InChI is InChI=1S/C27H22N2O3S/c1-17-7-9-19(10-8-17)24-15-21-14-20(11-12-23(21)26(31)32-24)25(30)29-27-28-16-22(33-27)13-18-5-3-2-4-6-18/h2-12,14,16,24H,13,15H2,1H3,(H,28,29,30)/t24-/m1/s1. The van der Waals surface area contributed by atoms with Crippen LogP contribution in [-0.4, -0.2) is 16.9 Å². The van der Waals surface area contributed by atoms with Crippen LogP contribution in [-0.2, 0) is 17.6 Å². The minimum Gasteiger partial charge on any atom is -0.454 e. The van der Waals surface area contributed by atoms with Gasteiger partial charge in [-0.05, 0) is 41.8 Å². The summed E-state index contributed by atoms with van der Waals surface area (Å²) in [6, 6.07) is 23.2. The maximum Gasteiger partial charge on any atom is 0.339 e. The summed E-state index contributed by atoms with van der Waals surface area (Å²) in [5, 5.41) is 3.44. The fourth-order valence-electron chi connectivity index (χ4n) is 3.92. The first-order chi connectivity index (χ1) is 16.0. The Kier molecular flexibility index (Phi) is 5.75. The number of hydrogen-bond acceptors (Lipinski definition) is 5. The Labute approximate surface area is 196 Å². The van der Waals surface area contributed by atoms with Crippen molar-refractivity contribution in [3.63, 3.8) is 0 Å². The number of thiazole rings is 1. The van der Waals surface area contributed by atoms with Gasteiger partial charge in [0, 0.05) is 29.5 Å². The molecule has 1 aromatic heterocycles. The Morgan fingerprint density at radius 2 is 1.88 bits per heavy atom. The number of nitrogens with zero attached hydrogens (tertiary/aromatic N) is 1. The van der Waals surface area contributed by atoms with Crippen molar-refractivity contribution in [2.24, 2.45) is 0 Å². The van der Waals surface area contributed by atoms with Gasteiger partial charge in [-0.3, -0.25) is 10.1 Å². The molecular weight excluding hydrogens is 432 g/mol. The number of hydrogen-bond donors (Lipinski definition) is 1. The van der Waals surface area contributed by atoms with E-state index in [1.165, 1.54) is 16.9 Å². The predicted molar refractivity (Wildman–Crippen MR) is 129 cm³/mol. The normalized spacial score (nSPS) is 14.9. The second-order valence-electron chi connectivity index (χ2n) is 8.13. The molecule has 6 heteroatoms. The van der Waals surface area contributed by atoms with Crippen LogP contribution in [0.4, 0.5) is 5.13 Å². The molecule has 0 saturated carbocycles. The number of ether oxygens (including phenoxy) is 1. The summed E-state index contributed by atoms with van der Waals surface area (Å²) in [7, 11) is 0. The number of cyclic esters (lactones) is 1. The lowest BCUT2D eigenvalue weighted by Gasteiger charge is -2.25. The van der Waals surface area contributed by atoms with Crippen LogP contribution in [0.1, 0.15) is 54.0 Å². The molecule has 33 heavy (non-hydrogen) atoms. The minimum absolute atomic E-state index is 0.246. The molecule has 4 aromatic rings. The topological polar surface area (TPSA) is 68.3 Å². The molecule has 0 bridgehead atoms. The van der Waals surface area contributed by atoms with E-state index in [4.69, 9.17) is 4.74 Å². The van der Waals surface area contributed by atoms with E-state index in [0.29, 0.717) is 22.7 Å². The number of carbonyl (C=O) groups is 2. The van der Waals surface area contributed by atoms with Crippen molar-refractivity contribution in [1.29, 1.82) is 0 Å². The fourth-order valence-corrected chi connectivity index (χ4v) is 4.76. The van der Waals surface area contributed by atoms with Crippen LogP contribution >= 0.6 is 11.3 Å². The van der Waals surface area contributed by atoms with E-state index in [2.05, 4.69) is 22.4 Å². The zero-order valence-electron chi connectivity index (χ0n) is 18.1. The summed E-state index contributed by atoms with van der Waals surface area (Å²) in [5.74, 6) is -0.608. The van der Waals surface area contributed by atoms with E-state index < -0.39 is 0 Å². The molecule has 1 aliphatic heterocycles. The van der Waals surface area contributed by atoms with Gasteiger partial charge in [-0.2, -0.15) is 0 Å². The minimum atomic E-state index is -0.362. The average Bonchev–Trinajstić information content (AvgIpc) is 3.26. The van der Waals surface area contributed by atoms with Crippen LogP contribution in [0.15, 0.2) is 79.0 Å². The zero-order chi connectivity index (χ0) is 22.8. The number of aromatic nitrogens is 1. The van der Waals surface area contributed by atoms with Gasteiger partial charge in [-0.15, -0.1) is 11.3 Å². The van der Waals surface area contributed by atoms with Gasteiger partial charge < -0.3 is 4.74 Å². The first kappa shape index (κ1) is 21.1. The van der Waals surface area contributed by atoms with Gasteiger partial charge in [0.05, 0.1) is 5.56 Å². The molecule has 0 saturated heterocycles. The quantitative estimate of drug-likeness (QED) is 0.390. The molecule has 1 atom stereocenters. The van der Waals surface area contributed by atoms with Gasteiger partial charge in [0.15, 0.2) is 5.13 Å². The van der Waals surface area contributed by atoms with E-state index >= 15 is 0 Å². The zero-order valence-corrected chi connectivity index (χ0v) is 18.9. The van der Waals surface area contributed by atoms with Crippen LogP contribution in [0.2, 0.25) is 0 Å². The van der Waals surface area contributed by atoms with Gasteiger partial charge in [0.25, 0.3) is 5.91 Å². The molecule has 3 aromatic carbocycles. The number of benzene rings is 3. The molecule has 0 spiro atoms. The largest absolute Gasteiger partial charge is 0.454 e. The first-order valence-corrected chi connectivity index (χ1v) is 11.6. The third-order valence-electron chi connectivity index (χ3n) is 5.69. The third kappa shape index (κ3) is 4.71. The second kappa shape index (κ2) is 9.00. The van der Waals surface area contributed by atoms with Crippen molar-refractivity contribution in [3.05, 3.63) is 117 Å². The highest BCUT2D eigenvalue weighted by Gasteiger charge is 2.28. The number of carbonyl (C=O) groups excluding carboxylic acids is 2. The molecule has 0 fully saturated rings. The molecule has 0 aliphatic carbocycles. The van der Waals surface area contributed by atoms with Crippen molar-refractivity contribution >= 4 is 28.3 Å². The summed E-state index contributed by atoms with van der Waals surface area (Å²) in [6.45, 7) is 2.02. The third-order valence-corrected chi connectivity index (χ3v) is 6.60. The van der Waals surface area contributed by atoms with Gasteiger partial charge in [0.1, 0.15) is 6.10 Å². The molecule has 5 nitrogen and oxygen atoms in total. The number of esters is 1. The van der Waals surface area contributed by atoms with Crippen molar-refractivity contribution in [2.75, 3.05) is 5.32 Å². The molecule has 0 radical (unpaired) electrons. The van der Waals surface area contributed by atoms with Crippen LogP contribution in [0, 0.1) is 6.92 Å². The number of anilines is 1. The molecule has 1 N–H and O–H groups in total. The maximum atomic E-state index is 12.9. The second-order valence-corrected chi connectivity index (χ2v) is 9.24. The number of amides is 1. The van der Waals surface area contributed by atoms with Crippen molar-refractivity contribution in [2.45, 2.75) is 25.9 Å². The maximum absolute atomic E-state index is 12.9. The van der Waals surface area contributed by atoms with Gasteiger partial charge in [0.2, 0.25) is 0 Å². The van der Waals surface area contributed by atoms with Gasteiger partial charge in [-0.25, -0.2) is 9.78 Å². The molecular formula is C27H22N2O3S. The molecule has 0 unspecified atom stereocenters. The lowest BCUT2D eigenvalue weighted by atomic mass is 9.93. The van der Waals surface area contributed by atoms with E-state index in [9.17, 15) is 9.59 Å². The fraction of sp³-hybridized carbons (Fsp3) is 0.148. The number of fused-ring (bicyclic) bond motifs is 1. The molecule has 1 aliphatic rings. The van der Waals surface area contributed by atoms with Crippen LogP contribution in [0.25, 0.3) is 0 Å². The van der Waals surface area contributed by atoms with E-state index in [1.54, 1.807) is 24.4 Å². The Bertz CT molecular complexity index is 1310. The lowest BCUT2D eigenvalue weighted by molar-refractivity contribution is 0.0252. The first-order valence-electron chi connectivity index (χ1n) is 10.8. The summed E-state index contributed by atoms with van der Waals surface area (Å²) in [5.41, 5.74) is 5.11. The lowest BCUT2D eigenvalue weighted by Crippen LogP contribution is -2.23. The summed E-state index contributed by atoms with van der Waals surface area (Å²) in [4.78, 5) is 30.8. The summed E-state index contributed by atoms with van der Waals surface area (Å²) < 4.78 is 5.64. The molecule has 164 valence electrons. The van der Waals surface area contributed by atoms with E-state index in [-0.39, 0.29) is 18.0 Å². The number of nitrogens with one attached hydrogen (secondary N) is 1. The van der Waals surface area contributed by atoms with E-state index in [1.807, 2.05) is 49.4 Å². The summed E-state index contributed by atoms with van der Waals surface area (Å²) in [6.07, 6.45) is 2.74. The highest BCUT2D eigenvalue weighted by Crippen LogP contribution is 2.31. The van der Waals surface area contributed by atoms with Gasteiger partial charge in [-0.1, -0.05) is 60.2 Å². The monoisotopic (exact) mass is 454 g/mol. The van der Waals surface area contributed by atoms with E-state index in [0.717, 1.165) is 28.0 Å². The SMILES string of the molecule is Cc1ccc([C@H]2Cc3cc(C(=O)Nc4ncc(Cc5ccccc5)s4)ccc3C(=O)O2)cc1. The Hall–Kier alpha value is -3.77. The van der Waals surface area contributed by atoms with Crippen molar-refractivity contribution in [1.82, 2.24) is 4.98 Å². The predicted octanol–water partition coefficient (Wildman–Crippen LogP) is 5.75. The van der Waals surface area contributed by atoms with Crippen LogP contribution in [0.5, 0.6) is 0 Å². The van der Waals surface area contributed by atoms with Crippen molar-refractivity contribution in [3.8, 4) is 0 Å². The van der Waals surface area contributed by atoms with Crippen LogP contribution < -0.4 is 5.32 Å². The van der Waals surface area contributed by atoms with Crippen molar-refractivity contribution < 1.29 is 14.3 Å². The van der Waals surface area contributed by atoms with Gasteiger partial charge >= 0.3 is 5.97 Å². The molecule has 5 rings (SSSR count). The average molecular weight is 455 g/mol. The molecule has 2 heterocycles. The highest BCUT2D eigenvalue weighted by atomic mass is 32.1. The molecule has 1 amide bonds. The summed E-state index contributed by atoms with van der Waals surface area (Å²) >= 11 is 1.46. The highest BCUT2D eigenvalue weighted by molar-refractivity contribution is 7.15.